The van der Waals surface area contributed by atoms with Gasteiger partial charge in [0, 0.05) is 17.7 Å². The average molecular weight is 453 g/mol. The van der Waals surface area contributed by atoms with Gasteiger partial charge >= 0.3 is 5.97 Å². The lowest BCUT2D eigenvalue weighted by Gasteiger charge is -2.18. The molecule has 3 N–H and O–H groups in total. The summed E-state index contributed by atoms with van der Waals surface area (Å²) in [6.45, 7) is 0.629. The Hall–Kier alpha value is -4.28. The fraction of sp³-hybridized carbons (Fsp3) is 0.227. The second kappa shape index (κ2) is 9.90. The topological polar surface area (TPSA) is 139 Å². The molecule has 11 heteroatoms. The Balaban J connectivity index is 1.29. The summed E-state index contributed by atoms with van der Waals surface area (Å²) in [5.74, 6) is 0.0686. The molecule has 0 atom stereocenters. The molecule has 0 radical (unpaired) electrons. The number of esters is 1. The number of nitrogens with two attached hydrogens (primary N) is 1. The average Bonchev–Trinajstić information content (AvgIpc) is 2.82. The summed E-state index contributed by atoms with van der Waals surface area (Å²) in [4.78, 5) is 36.5. The minimum Gasteiger partial charge on any atom is -0.486 e. The first-order chi connectivity index (χ1) is 16.0. The van der Waals surface area contributed by atoms with Gasteiger partial charge < -0.3 is 25.3 Å². The summed E-state index contributed by atoms with van der Waals surface area (Å²) >= 11 is 0. The Morgan fingerprint density at radius 2 is 1.76 bits per heavy atom. The van der Waals surface area contributed by atoms with E-state index in [0.717, 1.165) is 0 Å². The zero-order chi connectivity index (χ0) is 23.2. The molecule has 0 amide bonds. The number of ketones is 1. The van der Waals surface area contributed by atoms with E-state index in [1.165, 1.54) is 24.3 Å². The number of halogens is 1. The molecule has 2 aromatic carbocycles. The molecule has 0 saturated carbocycles. The molecule has 0 fully saturated rings. The second-order valence-corrected chi connectivity index (χ2v) is 7.01. The number of nitrogens with zero attached hydrogens (tertiary/aromatic N) is 3. The van der Waals surface area contributed by atoms with Gasteiger partial charge in [0.15, 0.2) is 29.7 Å². The van der Waals surface area contributed by atoms with Gasteiger partial charge in [0.25, 0.3) is 0 Å². The Bertz CT molecular complexity index is 1170. The number of hydrogen-bond acceptors (Lipinski definition) is 10. The van der Waals surface area contributed by atoms with Crippen molar-refractivity contribution in [3.63, 3.8) is 0 Å². The van der Waals surface area contributed by atoms with Crippen molar-refractivity contribution in [3.8, 4) is 11.5 Å². The highest BCUT2D eigenvalue weighted by Gasteiger charge is 2.16. The molecular formula is C22H20FN5O5. The molecule has 0 aliphatic carbocycles. The molecule has 0 unspecified atom stereocenters. The molecule has 170 valence electrons. The Morgan fingerprint density at radius 1 is 1.00 bits per heavy atom. The van der Waals surface area contributed by atoms with Crippen LogP contribution in [-0.4, -0.2) is 39.9 Å². The third-order valence-electron chi connectivity index (χ3n) is 4.58. The van der Waals surface area contributed by atoms with Gasteiger partial charge in [-0.05, 0) is 42.5 Å². The molecule has 0 spiro atoms. The third-order valence-corrected chi connectivity index (χ3v) is 4.58. The molecule has 3 aromatic rings. The lowest BCUT2D eigenvalue weighted by atomic mass is 10.1. The number of benzene rings is 2. The maximum absolute atomic E-state index is 13.0. The van der Waals surface area contributed by atoms with E-state index in [1.54, 1.807) is 18.2 Å². The maximum atomic E-state index is 13.0. The monoisotopic (exact) mass is 453 g/mol. The molecule has 0 bridgehead atoms. The summed E-state index contributed by atoms with van der Waals surface area (Å²) in [6, 6.07) is 10.5. The lowest BCUT2D eigenvalue weighted by molar-refractivity contribution is -0.145. The van der Waals surface area contributed by atoms with Crippen LogP contribution in [0.1, 0.15) is 29.0 Å². The first kappa shape index (κ1) is 21.9. The largest absolute Gasteiger partial charge is 0.486 e. The number of carbonyl (C=O) groups is 2. The van der Waals surface area contributed by atoms with Crippen LogP contribution in [0.25, 0.3) is 0 Å². The summed E-state index contributed by atoms with van der Waals surface area (Å²) in [5.41, 5.74) is 6.66. The molecule has 1 aliphatic heterocycles. The Kier molecular flexibility index (Phi) is 6.58. The van der Waals surface area contributed by atoms with E-state index in [0.29, 0.717) is 36.0 Å². The summed E-state index contributed by atoms with van der Waals surface area (Å²) in [6.07, 6.45) is -0.149. The number of rotatable bonds is 8. The molecule has 2 heterocycles. The quantitative estimate of drug-likeness (QED) is 0.387. The number of anilines is 3. The van der Waals surface area contributed by atoms with Crippen molar-refractivity contribution in [1.82, 2.24) is 15.0 Å². The zero-order valence-electron chi connectivity index (χ0n) is 17.4. The van der Waals surface area contributed by atoms with Crippen LogP contribution in [0.4, 0.5) is 22.0 Å². The fourth-order valence-electron chi connectivity index (χ4n) is 3.01. The predicted octanol–water partition coefficient (Wildman–Crippen LogP) is 2.81. The SMILES string of the molecule is Nc1nc(COC(=O)CCC(=O)c2ccc3c(c2)OCCO3)nc(Nc2ccc(F)cc2)n1. The number of nitrogens with one attached hydrogen (secondary N) is 1. The zero-order valence-corrected chi connectivity index (χ0v) is 17.4. The number of Topliss-reactive ketones (excluding diaryl/α,β-unsaturated/α-hetero) is 1. The molecule has 10 nitrogen and oxygen atoms in total. The van der Waals surface area contributed by atoms with E-state index in [2.05, 4.69) is 20.3 Å². The van der Waals surface area contributed by atoms with Gasteiger partial charge in [-0.25, -0.2) is 4.39 Å². The van der Waals surface area contributed by atoms with E-state index in [-0.39, 0.29) is 48.8 Å². The van der Waals surface area contributed by atoms with Crippen LogP contribution in [0.15, 0.2) is 42.5 Å². The molecule has 4 rings (SSSR count). The normalized spacial score (nSPS) is 12.2. The van der Waals surface area contributed by atoms with Gasteiger partial charge in [0.1, 0.15) is 19.0 Å². The van der Waals surface area contributed by atoms with Crippen molar-refractivity contribution < 1.29 is 28.2 Å². The number of carbonyl (C=O) groups excluding carboxylic acids is 2. The summed E-state index contributed by atoms with van der Waals surface area (Å²) in [5, 5.41) is 2.87. The first-order valence-corrected chi connectivity index (χ1v) is 10.1. The third kappa shape index (κ3) is 5.91. The second-order valence-electron chi connectivity index (χ2n) is 7.01. The van der Waals surface area contributed by atoms with Gasteiger partial charge in [-0.2, -0.15) is 15.0 Å². The van der Waals surface area contributed by atoms with Crippen molar-refractivity contribution in [1.29, 1.82) is 0 Å². The molecule has 33 heavy (non-hydrogen) atoms. The van der Waals surface area contributed by atoms with Crippen LogP contribution in [0.3, 0.4) is 0 Å². The van der Waals surface area contributed by atoms with E-state index >= 15 is 0 Å². The molecule has 1 aromatic heterocycles. The van der Waals surface area contributed by atoms with Crippen LogP contribution in [0.2, 0.25) is 0 Å². The van der Waals surface area contributed by atoms with Gasteiger partial charge in [0.05, 0.1) is 6.42 Å². The van der Waals surface area contributed by atoms with Crippen LogP contribution >= 0.6 is 0 Å². The standard InChI is InChI=1S/C22H20FN5O5/c23-14-2-4-15(5-3-14)25-22-27-19(26-21(24)28-22)12-33-20(30)8-6-16(29)13-1-7-17-18(11-13)32-10-9-31-17/h1-5,7,11H,6,8-10,12H2,(H3,24,25,26,27,28). The summed E-state index contributed by atoms with van der Waals surface area (Å²) in [7, 11) is 0. The van der Waals surface area contributed by atoms with Crippen molar-refractivity contribution in [2.75, 3.05) is 24.3 Å². The Labute approximate surface area is 187 Å². The first-order valence-electron chi connectivity index (χ1n) is 10.1. The van der Waals surface area contributed by atoms with E-state index in [4.69, 9.17) is 19.9 Å². The van der Waals surface area contributed by atoms with Gasteiger partial charge in [-0.15, -0.1) is 0 Å². The van der Waals surface area contributed by atoms with Crippen LogP contribution < -0.4 is 20.5 Å². The number of fused-ring (bicyclic) bond motifs is 1. The van der Waals surface area contributed by atoms with E-state index < -0.39 is 5.97 Å². The highest BCUT2D eigenvalue weighted by atomic mass is 19.1. The maximum Gasteiger partial charge on any atom is 0.306 e. The number of aromatic nitrogens is 3. The van der Waals surface area contributed by atoms with Crippen molar-refractivity contribution in [3.05, 3.63) is 59.7 Å². The summed E-state index contributed by atoms with van der Waals surface area (Å²) < 4.78 is 29.1. The lowest BCUT2D eigenvalue weighted by Crippen LogP contribution is -2.16. The predicted molar refractivity (Wildman–Crippen MR) is 115 cm³/mol. The van der Waals surface area contributed by atoms with E-state index in [1.807, 2.05) is 0 Å². The molecule has 1 aliphatic rings. The van der Waals surface area contributed by atoms with Gasteiger partial charge in [0.2, 0.25) is 11.9 Å². The number of ether oxygens (including phenoxy) is 3. The van der Waals surface area contributed by atoms with Crippen molar-refractivity contribution in [2.24, 2.45) is 0 Å². The van der Waals surface area contributed by atoms with Crippen LogP contribution in [0, 0.1) is 5.82 Å². The van der Waals surface area contributed by atoms with Gasteiger partial charge in [-0.3, -0.25) is 9.59 Å². The Morgan fingerprint density at radius 3 is 2.55 bits per heavy atom. The number of nitrogen functional groups attached to an aromatic ring is 1. The smallest absolute Gasteiger partial charge is 0.306 e. The highest BCUT2D eigenvalue weighted by Crippen LogP contribution is 2.31. The van der Waals surface area contributed by atoms with Crippen LogP contribution in [-0.2, 0) is 16.1 Å². The molecular weight excluding hydrogens is 433 g/mol. The molecule has 0 saturated heterocycles. The van der Waals surface area contributed by atoms with Crippen LogP contribution in [0.5, 0.6) is 11.5 Å². The van der Waals surface area contributed by atoms with Crippen molar-refractivity contribution in [2.45, 2.75) is 19.4 Å². The van der Waals surface area contributed by atoms with Crippen molar-refractivity contribution >= 4 is 29.3 Å². The minimum atomic E-state index is -0.590. The minimum absolute atomic E-state index is 0.0325. The van der Waals surface area contributed by atoms with Gasteiger partial charge in [-0.1, -0.05) is 0 Å². The fourth-order valence-corrected chi connectivity index (χ4v) is 3.01. The number of hydrogen-bond donors (Lipinski definition) is 2. The highest BCUT2D eigenvalue weighted by molar-refractivity contribution is 5.98. The van der Waals surface area contributed by atoms with E-state index in [9.17, 15) is 14.0 Å².